The van der Waals surface area contributed by atoms with E-state index in [4.69, 9.17) is 22.4 Å². The van der Waals surface area contributed by atoms with E-state index in [1.807, 2.05) is 24.3 Å². The van der Waals surface area contributed by atoms with E-state index in [0.717, 1.165) is 9.13 Å². The van der Waals surface area contributed by atoms with E-state index >= 15 is 0 Å². The Labute approximate surface area is 128 Å². The van der Waals surface area contributed by atoms with Gasteiger partial charge in [-0.1, -0.05) is 23.7 Å². The molecule has 0 unspecified atom stereocenters. The lowest BCUT2D eigenvalue weighted by molar-refractivity contribution is 0.0691. The van der Waals surface area contributed by atoms with Gasteiger partial charge in [0.05, 0.1) is 16.4 Å². The van der Waals surface area contributed by atoms with Crippen LogP contribution >= 0.6 is 34.2 Å². The summed E-state index contributed by atoms with van der Waals surface area (Å²) in [5.74, 6) is -1.19. The molecule has 0 aliphatic heterocycles. The summed E-state index contributed by atoms with van der Waals surface area (Å²) in [7, 11) is 0. The van der Waals surface area contributed by atoms with Crippen LogP contribution in [0.15, 0.2) is 24.3 Å². The van der Waals surface area contributed by atoms with E-state index in [0.29, 0.717) is 11.3 Å². The second-order valence-corrected chi connectivity index (χ2v) is 5.60. The fourth-order valence-corrected chi connectivity index (χ4v) is 2.32. The molecule has 1 aromatic heterocycles. The molecule has 2 rings (SSSR count). The average Bonchev–Trinajstić information content (AvgIpc) is 2.37. The van der Waals surface area contributed by atoms with E-state index in [9.17, 15) is 4.79 Å². The lowest BCUT2D eigenvalue weighted by Gasteiger charge is -2.11. The molecule has 0 fully saturated rings. The van der Waals surface area contributed by atoms with Crippen LogP contribution in [0.1, 0.15) is 16.1 Å². The largest absolute Gasteiger partial charge is 0.476 e. The van der Waals surface area contributed by atoms with Crippen LogP contribution in [0, 0.1) is 10.5 Å². The Kier molecular flexibility index (Phi) is 3.96. The van der Waals surface area contributed by atoms with Crippen LogP contribution < -0.4 is 5.73 Å². The second-order valence-electron chi connectivity index (χ2n) is 3.97. The maximum absolute atomic E-state index is 11.1. The molecule has 1 aromatic carbocycles. The first-order valence-electron chi connectivity index (χ1n) is 5.36. The van der Waals surface area contributed by atoms with Gasteiger partial charge in [-0.3, -0.25) is 0 Å². The first kappa shape index (κ1) is 14.1. The smallest absolute Gasteiger partial charge is 0.356 e. The molecule has 0 bridgehead atoms. The molecule has 0 saturated heterocycles. The molecule has 2 aromatic rings. The maximum Gasteiger partial charge on any atom is 0.356 e. The lowest BCUT2D eigenvalue weighted by Crippen LogP contribution is -2.07. The maximum atomic E-state index is 11.1. The molecular formula is C13H10ClIN2O2. The minimum absolute atomic E-state index is 0.0146. The van der Waals surface area contributed by atoms with Gasteiger partial charge in [0.2, 0.25) is 0 Å². The van der Waals surface area contributed by atoms with Crippen LogP contribution in [0.3, 0.4) is 0 Å². The number of aromatic nitrogens is 1. The Hall–Kier alpha value is -1.34. The van der Waals surface area contributed by atoms with Crippen LogP contribution in [0.4, 0.5) is 5.69 Å². The van der Waals surface area contributed by atoms with Gasteiger partial charge in [-0.2, -0.15) is 0 Å². The van der Waals surface area contributed by atoms with Crippen molar-refractivity contribution in [1.82, 2.24) is 4.98 Å². The van der Waals surface area contributed by atoms with Gasteiger partial charge < -0.3 is 10.8 Å². The summed E-state index contributed by atoms with van der Waals surface area (Å²) in [6.07, 6.45) is 0. The molecular weight excluding hydrogens is 379 g/mol. The Morgan fingerprint density at radius 3 is 2.47 bits per heavy atom. The van der Waals surface area contributed by atoms with Crippen LogP contribution in [0.5, 0.6) is 0 Å². The number of rotatable bonds is 2. The molecule has 19 heavy (non-hydrogen) atoms. The number of nitrogen functional groups attached to an aromatic ring is 1. The number of benzene rings is 1. The van der Waals surface area contributed by atoms with Gasteiger partial charge >= 0.3 is 5.97 Å². The van der Waals surface area contributed by atoms with E-state index in [1.54, 1.807) is 6.92 Å². The highest BCUT2D eigenvalue weighted by Crippen LogP contribution is 2.32. The number of aromatic carboxylic acids is 1. The fourth-order valence-electron chi connectivity index (χ4n) is 1.69. The predicted molar refractivity (Wildman–Crippen MR) is 83.5 cm³/mol. The van der Waals surface area contributed by atoms with E-state index in [2.05, 4.69) is 27.6 Å². The summed E-state index contributed by atoms with van der Waals surface area (Å²) < 4.78 is 1.08. The lowest BCUT2D eigenvalue weighted by atomic mass is 10.0. The number of carboxylic acid groups (broad SMARTS) is 1. The van der Waals surface area contributed by atoms with Crippen molar-refractivity contribution in [2.75, 3.05) is 5.73 Å². The first-order chi connectivity index (χ1) is 8.91. The molecule has 0 spiro atoms. The molecule has 0 amide bonds. The van der Waals surface area contributed by atoms with Crippen molar-refractivity contribution in [3.63, 3.8) is 0 Å². The molecule has 3 N–H and O–H groups in total. The molecule has 4 nitrogen and oxygen atoms in total. The molecule has 0 saturated carbocycles. The molecule has 0 aliphatic rings. The number of anilines is 1. The van der Waals surface area contributed by atoms with E-state index in [-0.39, 0.29) is 16.4 Å². The average molecular weight is 389 g/mol. The number of hydrogen-bond donors (Lipinski definition) is 2. The first-order valence-corrected chi connectivity index (χ1v) is 6.82. The third kappa shape index (κ3) is 2.66. The number of carbonyl (C=O) groups is 1. The summed E-state index contributed by atoms with van der Waals surface area (Å²) in [6, 6.07) is 7.58. The van der Waals surface area contributed by atoms with Gasteiger partial charge in [-0.15, -0.1) is 0 Å². The number of pyridine rings is 1. The molecule has 6 heteroatoms. The number of nitrogens with zero attached hydrogens (tertiary/aromatic N) is 1. The van der Waals surface area contributed by atoms with Crippen LogP contribution in [-0.4, -0.2) is 16.1 Å². The van der Waals surface area contributed by atoms with Crippen molar-refractivity contribution in [3.8, 4) is 11.3 Å². The van der Waals surface area contributed by atoms with Crippen molar-refractivity contribution in [3.05, 3.63) is 44.1 Å². The molecule has 1 heterocycles. The zero-order chi connectivity index (χ0) is 14.2. The van der Waals surface area contributed by atoms with Crippen LogP contribution in [-0.2, 0) is 0 Å². The van der Waals surface area contributed by atoms with Crippen molar-refractivity contribution < 1.29 is 9.90 Å². The number of hydrogen-bond acceptors (Lipinski definition) is 3. The normalized spacial score (nSPS) is 10.5. The molecule has 0 aliphatic carbocycles. The van der Waals surface area contributed by atoms with Gasteiger partial charge in [0.15, 0.2) is 5.69 Å². The van der Waals surface area contributed by atoms with Gasteiger partial charge in [0, 0.05) is 9.13 Å². The fraction of sp³-hybridized carbons (Fsp3) is 0.0769. The van der Waals surface area contributed by atoms with Crippen LogP contribution in [0.2, 0.25) is 5.02 Å². The number of nitrogens with two attached hydrogens (primary N) is 1. The molecule has 0 radical (unpaired) electrons. The van der Waals surface area contributed by atoms with Crippen molar-refractivity contribution in [1.29, 1.82) is 0 Å². The third-order valence-corrected chi connectivity index (χ3v) is 3.85. The summed E-state index contributed by atoms with van der Waals surface area (Å²) in [4.78, 5) is 15.2. The Morgan fingerprint density at radius 2 is 1.95 bits per heavy atom. The zero-order valence-electron chi connectivity index (χ0n) is 9.95. The van der Waals surface area contributed by atoms with Gasteiger partial charge in [0.25, 0.3) is 0 Å². The van der Waals surface area contributed by atoms with E-state index < -0.39 is 5.97 Å². The Balaban J connectivity index is 2.70. The summed E-state index contributed by atoms with van der Waals surface area (Å²) in [5, 5.41) is 9.08. The van der Waals surface area contributed by atoms with Crippen molar-refractivity contribution in [2.45, 2.75) is 6.92 Å². The van der Waals surface area contributed by atoms with Crippen molar-refractivity contribution >= 4 is 45.8 Å². The summed E-state index contributed by atoms with van der Waals surface area (Å²) in [6.45, 7) is 1.77. The number of carboxylic acids is 1. The van der Waals surface area contributed by atoms with Crippen LogP contribution in [0.25, 0.3) is 11.3 Å². The quantitative estimate of drug-likeness (QED) is 0.771. The highest BCUT2D eigenvalue weighted by molar-refractivity contribution is 14.1. The standard InChI is InChI=1S/C13H10ClIN2O2/c1-6-10(16)9(14)12(13(18)19)17-11(6)7-2-4-8(15)5-3-7/h2-5H,1H3,(H2,16,17)(H,18,19). The monoisotopic (exact) mass is 388 g/mol. The Bertz CT molecular complexity index is 657. The third-order valence-electron chi connectivity index (χ3n) is 2.75. The molecule has 0 atom stereocenters. The van der Waals surface area contributed by atoms with Gasteiger partial charge in [-0.05, 0) is 47.2 Å². The topological polar surface area (TPSA) is 76.2 Å². The van der Waals surface area contributed by atoms with Gasteiger partial charge in [0.1, 0.15) is 0 Å². The van der Waals surface area contributed by atoms with E-state index in [1.165, 1.54) is 0 Å². The Morgan fingerprint density at radius 1 is 1.37 bits per heavy atom. The summed E-state index contributed by atoms with van der Waals surface area (Å²) in [5.41, 5.74) is 7.90. The van der Waals surface area contributed by atoms with Gasteiger partial charge in [-0.25, -0.2) is 9.78 Å². The SMILES string of the molecule is Cc1c(-c2ccc(I)cc2)nc(C(=O)O)c(Cl)c1N. The molecule has 98 valence electrons. The number of halogens is 2. The highest BCUT2D eigenvalue weighted by Gasteiger charge is 2.19. The second kappa shape index (κ2) is 5.34. The van der Waals surface area contributed by atoms with Crippen molar-refractivity contribution in [2.24, 2.45) is 0 Å². The highest BCUT2D eigenvalue weighted by atomic mass is 127. The minimum Gasteiger partial charge on any atom is -0.476 e. The minimum atomic E-state index is -1.19. The zero-order valence-corrected chi connectivity index (χ0v) is 12.9. The predicted octanol–water partition coefficient (Wildman–Crippen LogP) is 3.60. The summed E-state index contributed by atoms with van der Waals surface area (Å²) >= 11 is 8.10.